The van der Waals surface area contributed by atoms with Gasteiger partial charge in [0.05, 0.1) is 5.52 Å². The Kier molecular flexibility index (Phi) is 2.60. The minimum absolute atomic E-state index is 0.305. The molecule has 100 valence electrons. The summed E-state index contributed by atoms with van der Waals surface area (Å²) >= 11 is 5.92. The molecule has 0 radical (unpaired) electrons. The van der Waals surface area contributed by atoms with E-state index in [1.165, 1.54) is 5.56 Å². The van der Waals surface area contributed by atoms with Crippen LogP contribution in [0.2, 0.25) is 5.02 Å². The fourth-order valence-corrected chi connectivity index (χ4v) is 2.63. The first-order valence-corrected chi connectivity index (χ1v) is 6.80. The summed E-state index contributed by atoms with van der Waals surface area (Å²) in [6.07, 6.45) is 2.08. The molecule has 20 heavy (non-hydrogen) atoms. The summed E-state index contributed by atoms with van der Waals surface area (Å²) in [6.45, 7) is 1.11. The van der Waals surface area contributed by atoms with Gasteiger partial charge in [0, 0.05) is 29.2 Å². The SMILES string of the molecule is Clc1ccc(Cn2ccc3cc4c(cc32)OCO4)cc1. The summed E-state index contributed by atoms with van der Waals surface area (Å²) in [4.78, 5) is 0. The van der Waals surface area contributed by atoms with Crippen LogP contribution in [0, 0.1) is 0 Å². The van der Waals surface area contributed by atoms with Crippen LogP contribution in [0.25, 0.3) is 10.9 Å². The summed E-state index contributed by atoms with van der Waals surface area (Å²) in [6, 6.07) is 14.1. The second-order valence-corrected chi connectivity index (χ2v) is 5.27. The molecule has 1 aromatic heterocycles. The summed E-state index contributed by atoms with van der Waals surface area (Å²) < 4.78 is 13.0. The lowest BCUT2D eigenvalue weighted by Gasteiger charge is -2.06. The van der Waals surface area contributed by atoms with Gasteiger partial charge in [-0.2, -0.15) is 0 Å². The van der Waals surface area contributed by atoms with Gasteiger partial charge in [-0.1, -0.05) is 23.7 Å². The lowest BCUT2D eigenvalue weighted by atomic mass is 10.2. The van der Waals surface area contributed by atoms with E-state index < -0.39 is 0 Å². The van der Waals surface area contributed by atoms with Gasteiger partial charge in [0.15, 0.2) is 11.5 Å². The predicted molar refractivity (Wildman–Crippen MR) is 78.6 cm³/mol. The summed E-state index contributed by atoms with van der Waals surface area (Å²) in [5.74, 6) is 1.63. The molecule has 3 aromatic rings. The molecule has 1 aliphatic rings. The number of hydrogen-bond acceptors (Lipinski definition) is 2. The Hall–Kier alpha value is -2.13. The summed E-state index contributed by atoms with van der Waals surface area (Å²) in [5.41, 5.74) is 2.36. The van der Waals surface area contributed by atoms with Crippen molar-refractivity contribution in [1.82, 2.24) is 4.57 Å². The molecule has 1 aliphatic heterocycles. The van der Waals surface area contributed by atoms with Gasteiger partial charge in [-0.3, -0.25) is 0 Å². The Morgan fingerprint density at radius 2 is 1.75 bits per heavy atom. The van der Waals surface area contributed by atoms with Crippen LogP contribution in [0.1, 0.15) is 5.56 Å². The molecule has 4 rings (SSSR count). The fourth-order valence-electron chi connectivity index (χ4n) is 2.50. The van der Waals surface area contributed by atoms with E-state index >= 15 is 0 Å². The monoisotopic (exact) mass is 285 g/mol. The van der Waals surface area contributed by atoms with Gasteiger partial charge in [0.1, 0.15) is 0 Å². The topological polar surface area (TPSA) is 23.4 Å². The van der Waals surface area contributed by atoms with E-state index in [9.17, 15) is 0 Å². The van der Waals surface area contributed by atoms with Crippen LogP contribution >= 0.6 is 11.6 Å². The lowest BCUT2D eigenvalue weighted by molar-refractivity contribution is 0.174. The number of halogens is 1. The Bertz CT molecular complexity index is 777. The predicted octanol–water partition coefficient (Wildman–Crippen LogP) is 4.07. The summed E-state index contributed by atoms with van der Waals surface area (Å²) in [7, 11) is 0. The lowest BCUT2D eigenvalue weighted by Crippen LogP contribution is -1.97. The van der Waals surface area contributed by atoms with Gasteiger partial charge in [0.2, 0.25) is 6.79 Å². The van der Waals surface area contributed by atoms with Gasteiger partial charge in [-0.05, 0) is 29.8 Å². The average molecular weight is 286 g/mol. The number of aromatic nitrogens is 1. The van der Waals surface area contributed by atoms with E-state index in [4.69, 9.17) is 21.1 Å². The second-order valence-electron chi connectivity index (χ2n) is 4.83. The Morgan fingerprint density at radius 1 is 1.00 bits per heavy atom. The van der Waals surface area contributed by atoms with Crippen LogP contribution in [0.3, 0.4) is 0 Å². The van der Waals surface area contributed by atoms with Crippen molar-refractivity contribution in [2.24, 2.45) is 0 Å². The third-order valence-corrected chi connectivity index (χ3v) is 3.78. The molecule has 3 nitrogen and oxygen atoms in total. The van der Waals surface area contributed by atoms with Crippen molar-refractivity contribution < 1.29 is 9.47 Å². The highest BCUT2D eigenvalue weighted by atomic mass is 35.5. The first-order chi connectivity index (χ1) is 9.79. The van der Waals surface area contributed by atoms with Crippen molar-refractivity contribution in [3.63, 3.8) is 0 Å². The van der Waals surface area contributed by atoms with Crippen LogP contribution in [-0.2, 0) is 6.54 Å². The molecule has 4 heteroatoms. The molecule has 0 atom stereocenters. The van der Waals surface area contributed by atoms with Crippen molar-refractivity contribution >= 4 is 22.5 Å². The van der Waals surface area contributed by atoms with Crippen molar-refractivity contribution in [1.29, 1.82) is 0 Å². The zero-order valence-electron chi connectivity index (χ0n) is 10.7. The van der Waals surface area contributed by atoms with Crippen molar-refractivity contribution in [3.05, 3.63) is 59.2 Å². The molecule has 0 unspecified atom stereocenters. The van der Waals surface area contributed by atoms with Gasteiger partial charge in [0.25, 0.3) is 0 Å². The molecular formula is C16H12ClNO2. The highest BCUT2D eigenvalue weighted by Crippen LogP contribution is 2.36. The number of rotatable bonds is 2. The molecule has 0 spiro atoms. The Balaban J connectivity index is 1.74. The molecule has 2 heterocycles. The molecule has 0 amide bonds. The molecule has 0 bridgehead atoms. The largest absolute Gasteiger partial charge is 0.454 e. The smallest absolute Gasteiger partial charge is 0.231 e. The molecule has 0 saturated carbocycles. The fraction of sp³-hybridized carbons (Fsp3) is 0.125. The maximum atomic E-state index is 5.92. The van der Waals surface area contributed by atoms with E-state index in [1.54, 1.807) is 0 Å². The van der Waals surface area contributed by atoms with Crippen molar-refractivity contribution in [3.8, 4) is 11.5 Å². The number of ether oxygens (including phenoxy) is 2. The van der Waals surface area contributed by atoms with E-state index in [-0.39, 0.29) is 0 Å². The number of nitrogens with zero attached hydrogens (tertiary/aromatic N) is 1. The first-order valence-electron chi connectivity index (χ1n) is 6.42. The molecular weight excluding hydrogens is 274 g/mol. The number of hydrogen-bond donors (Lipinski definition) is 0. The van der Waals surface area contributed by atoms with Crippen LogP contribution in [0.5, 0.6) is 11.5 Å². The van der Waals surface area contributed by atoms with Gasteiger partial charge < -0.3 is 14.0 Å². The Morgan fingerprint density at radius 3 is 2.55 bits per heavy atom. The summed E-state index contributed by atoms with van der Waals surface area (Å²) in [5, 5.41) is 1.91. The van der Waals surface area contributed by atoms with Gasteiger partial charge >= 0.3 is 0 Å². The average Bonchev–Trinajstić information content (AvgIpc) is 3.06. The number of fused-ring (bicyclic) bond motifs is 2. The molecule has 0 N–H and O–H groups in total. The van der Waals surface area contributed by atoms with E-state index in [2.05, 4.69) is 16.8 Å². The van der Waals surface area contributed by atoms with Gasteiger partial charge in [-0.25, -0.2) is 0 Å². The maximum absolute atomic E-state index is 5.92. The molecule has 0 fully saturated rings. The first kappa shape index (κ1) is 11.7. The zero-order chi connectivity index (χ0) is 13.5. The molecule has 0 saturated heterocycles. The molecule has 0 aliphatic carbocycles. The van der Waals surface area contributed by atoms with Crippen molar-refractivity contribution in [2.45, 2.75) is 6.54 Å². The van der Waals surface area contributed by atoms with Crippen molar-refractivity contribution in [2.75, 3.05) is 6.79 Å². The molecule has 2 aromatic carbocycles. The van der Waals surface area contributed by atoms with E-state index in [0.717, 1.165) is 34.0 Å². The standard InChI is InChI=1S/C16H12ClNO2/c17-13-3-1-11(2-4-13)9-18-6-5-12-7-15-16(8-14(12)18)20-10-19-15/h1-8H,9-10H2. The second kappa shape index (κ2) is 4.46. The number of benzene rings is 2. The third-order valence-electron chi connectivity index (χ3n) is 3.53. The highest BCUT2D eigenvalue weighted by molar-refractivity contribution is 6.30. The van der Waals surface area contributed by atoms with Crippen LogP contribution in [-0.4, -0.2) is 11.4 Å². The minimum atomic E-state index is 0.305. The minimum Gasteiger partial charge on any atom is -0.454 e. The quantitative estimate of drug-likeness (QED) is 0.708. The Labute approximate surface area is 121 Å². The van der Waals surface area contributed by atoms with Gasteiger partial charge in [-0.15, -0.1) is 0 Å². The zero-order valence-corrected chi connectivity index (χ0v) is 11.4. The third kappa shape index (κ3) is 1.91. The van der Waals surface area contributed by atoms with Crippen LogP contribution < -0.4 is 9.47 Å². The van der Waals surface area contributed by atoms with Crippen LogP contribution in [0.15, 0.2) is 48.7 Å². The maximum Gasteiger partial charge on any atom is 0.231 e. The van der Waals surface area contributed by atoms with Crippen LogP contribution in [0.4, 0.5) is 0 Å². The van der Waals surface area contributed by atoms with E-state index in [0.29, 0.717) is 6.79 Å². The van der Waals surface area contributed by atoms with E-state index in [1.807, 2.05) is 36.4 Å². The highest BCUT2D eigenvalue weighted by Gasteiger charge is 2.15. The normalized spacial score (nSPS) is 13.1.